The predicted octanol–water partition coefficient (Wildman–Crippen LogP) is 0.855. The van der Waals surface area contributed by atoms with Crippen molar-refractivity contribution in [2.75, 3.05) is 19.8 Å². The van der Waals surface area contributed by atoms with Crippen molar-refractivity contribution in [3.05, 3.63) is 23.2 Å². The number of carbonyl (C=O) groups is 1. The Morgan fingerprint density at radius 3 is 3.00 bits per heavy atom. The van der Waals surface area contributed by atoms with Gasteiger partial charge in [0, 0.05) is 19.1 Å². The Balaban J connectivity index is 2.03. The third-order valence-corrected chi connectivity index (χ3v) is 3.21. The molecule has 1 amide bonds. The Kier molecular flexibility index (Phi) is 5.28. The van der Waals surface area contributed by atoms with E-state index in [1.807, 2.05) is 13.8 Å². The van der Waals surface area contributed by atoms with Crippen LogP contribution in [0, 0.1) is 0 Å². The van der Waals surface area contributed by atoms with Gasteiger partial charge in [-0.05, 0) is 13.8 Å². The predicted molar refractivity (Wildman–Crippen MR) is 75.3 cm³/mol. The fourth-order valence-electron chi connectivity index (χ4n) is 2.08. The number of nitrogens with zero attached hydrogens (tertiary/aromatic N) is 3. The zero-order chi connectivity index (χ0) is 14.5. The maximum absolute atomic E-state index is 12.2. The number of nitrogens with one attached hydrogen (secondary N) is 1. The number of carbonyl (C=O) groups excluding carboxylic acids is 1. The molecule has 7 heteroatoms. The van der Waals surface area contributed by atoms with E-state index >= 15 is 0 Å². The second-order valence-electron chi connectivity index (χ2n) is 5.05. The van der Waals surface area contributed by atoms with Crippen molar-refractivity contribution >= 4 is 17.5 Å². The molecule has 1 fully saturated rings. The van der Waals surface area contributed by atoms with Crippen LogP contribution in [0.4, 0.5) is 0 Å². The Labute approximate surface area is 123 Å². The number of halogens is 1. The van der Waals surface area contributed by atoms with Gasteiger partial charge in [-0.25, -0.2) is 4.98 Å². The van der Waals surface area contributed by atoms with Crippen molar-refractivity contribution < 1.29 is 9.53 Å². The van der Waals surface area contributed by atoms with E-state index in [0.717, 1.165) is 5.69 Å². The summed E-state index contributed by atoms with van der Waals surface area (Å²) in [7, 11) is 0. The first kappa shape index (κ1) is 15.2. The van der Waals surface area contributed by atoms with Gasteiger partial charge in [-0.3, -0.25) is 14.7 Å². The molecule has 1 aromatic rings. The summed E-state index contributed by atoms with van der Waals surface area (Å²) in [5, 5.41) is 3.29. The Hall–Kier alpha value is -1.24. The Morgan fingerprint density at radius 2 is 2.35 bits per heavy atom. The molecule has 1 aromatic heterocycles. The average Bonchev–Trinajstić information content (AvgIpc) is 2.41. The first-order valence-corrected chi connectivity index (χ1v) is 7.02. The summed E-state index contributed by atoms with van der Waals surface area (Å²) in [4.78, 5) is 22.5. The molecule has 1 atom stereocenters. The molecule has 0 radical (unpaired) electrons. The zero-order valence-corrected chi connectivity index (χ0v) is 12.4. The van der Waals surface area contributed by atoms with Gasteiger partial charge in [0.2, 0.25) is 5.91 Å². The van der Waals surface area contributed by atoms with E-state index in [1.54, 1.807) is 6.20 Å². The number of hydrogen-bond donors (Lipinski definition) is 1. The van der Waals surface area contributed by atoms with Gasteiger partial charge in [0.05, 0.1) is 31.3 Å². The van der Waals surface area contributed by atoms with Gasteiger partial charge in [-0.1, -0.05) is 11.6 Å². The lowest BCUT2D eigenvalue weighted by Crippen LogP contribution is -2.54. The summed E-state index contributed by atoms with van der Waals surface area (Å²) in [6.07, 6.45) is 3.15. The summed E-state index contributed by atoms with van der Waals surface area (Å²) < 4.78 is 5.41. The molecule has 110 valence electrons. The molecular weight excluding hydrogens is 280 g/mol. The number of amides is 1. The van der Waals surface area contributed by atoms with Gasteiger partial charge in [0.15, 0.2) is 0 Å². The molecule has 0 saturated carbocycles. The van der Waals surface area contributed by atoms with Crippen LogP contribution in [0.3, 0.4) is 0 Å². The number of morpholine rings is 1. The fourth-order valence-corrected chi connectivity index (χ4v) is 2.18. The van der Waals surface area contributed by atoms with Crippen molar-refractivity contribution in [2.45, 2.75) is 32.5 Å². The minimum Gasteiger partial charge on any atom is -0.378 e. The largest absolute Gasteiger partial charge is 0.378 e. The molecule has 6 nitrogen and oxygen atoms in total. The van der Waals surface area contributed by atoms with Crippen LogP contribution in [-0.4, -0.2) is 52.6 Å². The normalized spacial score (nSPS) is 20.1. The van der Waals surface area contributed by atoms with Crippen LogP contribution in [0.25, 0.3) is 0 Å². The van der Waals surface area contributed by atoms with Gasteiger partial charge in [0.25, 0.3) is 0 Å². The SMILES string of the molecule is CC(C)NC(=O)C1COCCN1Cc1cnc(Cl)cn1. The summed E-state index contributed by atoms with van der Waals surface area (Å²) >= 11 is 5.72. The van der Waals surface area contributed by atoms with Crippen molar-refractivity contribution in [3.8, 4) is 0 Å². The summed E-state index contributed by atoms with van der Waals surface area (Å²) in [6.45, 7) is 6.16. The summed E-state index contributed by atoms with van der Waals surface area (Å²) in [5.74, 6) is -0.0124. The van der Waals surface area contributed by atoms with E-state index in [2.05, 4.69) is 20.2 Å². The van der Waals surface area contributed by atoms with Crippen LogP contribution < -0.4 is 5.32 Å². The summed E-state index contributed by atoms with van der Waals surface area (Å²) in [6, 6.07) is -0.176. The average molecular weight is 299 g/mol. The molecule has 0 spiro atoms. The maximum atomic E-state index is 12.2. The Bertz CT molecular complexity index is 452. The smallest absolute Gasteiger partial charge is 0.239 e. The molecule has 1 N–H and O–H groups in total. The molecule has 1 saturated heterocycles. The molecule has 0 aromatic carbocycles. The first-order valence-electron chi connectivity index (χ1n) is 6.65. The van der Waals surface area contributed by atoms with Gasteiger partial charge >= 0.3 is 0 Å². The summed E-state index contributed by atoms with van der Waals surface area (Å²) in [5.41, 5.74) is 0.790. The highest BCUT2D eigenvalue weighted by Gasteiger charge is 2.29. The van der Waals surface area contributed by atoms with Crippen molar-refractivity contribution in [1.29, 1.82) is 0 Å². The maximum Gasteiger partial charge on any atom is 0.239 e. The molecule has 0 bridgehead atoms. The van der Waals surface area contributed by atoms with Gasteiger partial charge in [-0.15, -0.1) is 0 Å². The van der Waals surface area contributed by atoms with E-state index in [-0.39, 0.29) is 18.0 Å². The highest BCUT2D eigenvalue weighted by molar-refractivity contribution is 6.29. The van der Waals surface area contributed by atoms with Gasteiger partial charge in [0.1, 0.15) is 11.2 Å². The molecular formula is C13H19ClN4O2. The highest BCUT2D eigenvalue weighted by Crippen LogP contribution is 2.12. The third-order valence-electron chi connectivity index (χ3n) is 3.01. The van der Waals surface area contributed by atoms with Gasteiger partial charge in [-0.2, -0.15) is 0 Å². The second-order valence-corrected chi connectivity index (χ2v) is 5.44. The molecule has 0 aliphatic carbocycles. The molecule has 1 aliphatic rings. The zero-order valence-electron chi connectivity index (χ0n) is 11.7. The van der Waals surface area contributed by atoms with E-state index in [9.17, 15) is 4.79 Å². The molecule has 2 rings (SSSR count). The lowest BCUT2D eigenvalue weighted by atomic mass is 10.2. The number of hydrogen-bond acceptors (Lipinski definition) is 5. The van der Waals surface area contributed by atoms with Crippen LogP contribution >= 0.6 is 11.6 Å². The third kappa shape index (κ3) is 4.13. The molecule has 2 heterocycles. The second kappa shape index (κ2) is 6.97. The topological polar surface area (TPSA) is 67.3 Å². The first-order chi connectivity index (χ1) is 9.56. The van der Waals surface area contributed by atoms with Crippen LogP contribution in [0.1, 0.15) is 19.5 Å². The quantitative estimate of drug-likeness (QED) is 0.893. The van der Waals surface area contributed by atoms with Crippen molar-refractivity contribution in [3.63, 3.8) is 0 Å². The standard InChI is InChI=1S/C13H19ClN4O2/c1-9(2)17-13(19)11-8-20-4-3-18(11)7-10-5-16-12(14)6-15-10/h5-6,9,11H,3-4,7-8H2,1-2H3,(H,17,19). The molecule has 1 unspecified atom stereocenters. The highest BCUT2D eigenvalue weighted by atomic mass is 35.5. The van der Waals surface area contributed by atoms with E-state index < -0.39 is 0 Å². The van der Waals surface area contributed by atoms with Crippen LogP contribution in [0.2, 0.25) is 5.15 Å². The lowest BCUT2D eigenvalue weighted by molar-refractivity contribution is -0.133. The van der Waals surface area contributed by atoms with Crippen molar-refractivity contribution in [2.24, 2.45) is 0 Å². The minimum atomic E-state index is -0.288. The lowest BCUT2D eigenvalue weighted by Gasteiger charge is -2.34. The molecule has 1 aliphatic heterocycles. The molecule has 20 heavy (non-hydrogen) atoms. The number of rotatable bonds is 4. The van der Waals surface area contributed by atoms with Crippen LogP contribution in [0.15, 0.2) is 12.4 Å². The van der Waals surface area contributed by atoms with Gasteiger partial charge < -0.3 is 10.1 Å². The van der Waals surface area contributed by atoms with E-state index in [4.69, 9.17) is 16.3 Å². The monoisotopic (exact) mass is 298 g/mol. The van der Waals surface area contributed by atoms with Crippen LogP contribution in [-0.2, 0) is 16.1 Å². The number of aromatic nitrogens is 2. The van der Waals surface area contributed by atoms with E-state index in [0.29, 0.717) is 31.5 Å². The minimum absolute atomic E-state index is 0.0124. The van der Waals surface area contributed by atoms with Crippen molar-refractivity contribution in [1.82, 2.24) is 20.2 Å². The Morgan fingerprint density at radius 1 is 1.55 bits per heavy atom. The van der Waals surface area contributed by atoms with E-state index in [1.165, 1.54) is 6.20 Å². The number of ether oxygens (including phenoxy) is 1. The fraction of sp³-hybridized carbons (Fsp3) is 0.615. The van der Waals surface area contributed by atoms with Crippen LogP contribution in [0.5, 0.6) is 0 Å².